The Bertz CT molecular complexity index is 583. The van der Waals surface area contributed by atoms with Crippen LogP contribution in [-0.4, -0.2) is 27.0 Å². The van der Waals surface area contributed by atoms with Gasteiger partial charge in [-0.15, -0.1) is 0 Å². The normalized spacial score (nSPS) is 24.8. The highest BCUT2D eigenvalue weighted by molar-refractivity contribution is 7.91. The van der Waals surface area contributed by atoms with Crippen LogP contribution in [0.4, 0.5) is 0 Å². The fourth-order valence-corrected chi connectivity index (χ4v) is 5.04. The molecule has 1 aromatic rings. The topological polar surface area (TPSA) is 46.2 Å². The minimum Gasteiger partial charge on any atom is -0.313 e. The van der Waals surface area contributed by atoms with Crippen molar-refractivity contribution in [2.24, 2.45) is 5.92 Å². The highest BCUT2D eigenvalue weighted by Gasteiger charge is 2.33. The molecule has 0 aliphatic heterocycles. The van der Waals surface area contributed by atoms with E-state index in [1.807, 2.05) is 19.2 Å². The number of sulfone groups is 1. The first-order valence-corrected chi connectivity index (χ1v) is 9.84. The van der Waals surface area contributed by atoms with Crippen molar-refractivity contribution in [2.45, 2.75) is 37.0 Å². The van der Waals surface area contributed by atoms with Crippen molar-refractivity contribution >= 4 is 33.0 Å². The van der Waals surface area contributed by atoms with Gasteiger partial charge in [0, 0.05) is 22.3 Å². The van der Waals surface area contributed by atoms with Gasteiger partial charge < -0.3 is 5.32 Å². The van der Waals surface area contributed by atoms with E-state index in [1.165, 1.54) is 6.26 Å². The van der Waals surface area contributed by atoms with Gasteiger partial charge in [0.15, 0.2) is 0 Å². The summed E-state index contributed by atoms with van der Waals surface area (Å²) in [5, 5.41) is 4.28. The van der Waals surface area contributed by atoms with Crippen LogP contribution >= 0.6 is 23.2 Å². The number of hydrogen-bond donors (Lipinski definition) is 1. The molecule has 0 spiro atoms. The molecular formula is C15H21Cl2NO2S. The monoisotopic (exact) mass is 349 g/mol. The molecule has 1 N–H and O–H groups in total. The van der Waals surface area contributed by atoms with Crippen molar-refractivity contribution in [3.05, 3.63) is 33.8 Å². The molecule has 3 nitrogen and oxygen atoms in total. The first-order chi connectivity index (χ1) is 9.81. The van der Waals surface area contributed by atoms with Crippen LogP contribution in [-0.2, 0) is 9.84 Å². The third kappa shape index (κ3) is 4.35. The largest absolute Gasteiger partial charge is 0.313 e. The van der Waals surface area contributed by atoms with Crippen LogP contribution in [0.25, 0.3) is 0 Å². The summed E-state index contributed by atoms with van der Waals surface area (Å²) in [6.45, 7) is 0. The van der Waals surface area contributed by atoms with Crippen molar-refractivity contribution in [3.8, 4) is 0 Å². The van der Waals surface area contributed by atoms with Crippen molar-refractivity contribution < 1.29 is 8.42 Å². The standard InChI is InChI=1S/C15H21Cl2NO2S/c1-18-15(11-6-12(16)9-13(17)7-11)10-4-3-5-14(8-10)21(2,19)20/h6-7,9-10,14-15,18H,3-5,8H2,1-2H3. The van der Waals surface area contributed by atoms with Crippen molar-refractivity contribution in [3.63, 3.8) is 0 Å². The summed E-state index contributed by atoms with van der Waals surface area (Å²) in [6.07, 6.45) is 4.75. The molecule has 1 saturated carbocycles. The highest BCUT2D eigenvalue weighted by atomic mass is 35.5. The van der Waals surface area contributed by atoms with Gasteiger partial charge in [-0.25, -0.2) is 8.42 Å². The SMILES string of the molecule is CNC(c1cc(Cl)cc(Cl)c1)C1CCCC(S(C)(=O)=O)C1. The van der Waals surface area contributed by atoms with Gasteiger partial charge >= 0.3 is 0 Å². The quantitative estimate of drug-likeness (QED) is 0.897. The van der Waals surface area contributed by atoms with Crippen molar-refractivity contribution in [1.29, 1.82) is 0 Å². The summed E-state index contributed by atoms with van der Waals surface area (Å²) in [7, 11) is -1.09. The maximum Gasteiger partial charge on any atom is 0.150 e. The molecule has 1 aliphatic carbocycles. The van der Waals surface area contributed by atoms with Gasteiger partial charge in [0.25, 0.3) is 0 Å². The van der Waals surface area contributed by atoms with Crippen LogP contribution in [0, 0.1) is 5.92 Å². The first kappa shape index (κ1) is 17.1. The molecule has 3 unspecified atom stereocenters. The average molecular weight is 350 g/mol. The summed E-state index contributed by atoms with van der Waals surface area (Å²) in [5.41, 5.74) is 1.02. The summed E-state index contributed by atoms with van der Waals surface area (Å²) < 4.78 is 23.6. The highest BCUT2D eigenvalue weighted by Crippen LogP contribution is 2.38. The van der Waals surface area contributed by atoms with Gasteiger partial charge in [-0.2, -0.15) is 0 Å². The summed E-state index contributed by atoms with van der Waals surface area (Å²) in [5.74, 6) is 0.276. The zero-order valence-corrected chi connectivity index (χ0v) is 14.6. The van der Waals surface area contributed by atoms with E-state index in [0.29, 0.717) is 16.5 Å². The summed E-state index contributed by atoms with van der Waals surface area (Å²) >= 11 is 12.2. The number of rotatable bonds is 4. The molecule has 0 saturated heterocycles. The van der Waals surface area contributed by atoms with Crippen molar-refractivity contribution in [2.75, 3.05) is 13.3 Å². The molecule has 0 aromatic heterocycles. The van der Waals surface area contributed by atoms with Crippen LogP contribution in [0.5, 0.6) is 0 Å². The molecule has 6 heteroatoms. The average Bonchev–Trinajstić information content (AvgIpc) is 2.38. The van der Waals surface area contributed by atoms with E-state index >= 15 is 0 Å². The Hall–Kier alpha value is -0.290. The molecule has 1 aromatic carbocycles. The van der Waals surface area contributed by atoms with Crippen LogP contribution in [0.2, 0.25) is 10.0 Å². The van der Waals surface area contributed by atoms with Gasteiger partial charge in [-0.3, -0.25) is 0 Å². The van der Waals surface area contributed by atoms with E-state index in [4.69, 9.17) is 23.2 Å². The lowest BCUT2D eigenvalue weighted by molar-refractivity contribution is 0.282. The Morgan fingerprint density at radius 1 is 1.19 bits per heavy atom. The lowest BCUT2D eigenvalue weighted by Gasteiger charge is -2.34. The molecule has 3 atom stereocenters. The molecule has 1 fully saturated rings. The van der Waals surface area contributed by atoms with Gasteiger partial charge in [-0.1, -0.05) is 29.6 Å². The number of nitrogens with one attached hydrogen (secondary N) is 1. The zero-order valence-electron chi connectivity index (χ0n) is 12.3. The van der Waals surface area contributed by atoms with E-state index < -0.39 is 9.84 Å². The minimum atomic E-state index is -2.98. The van der Waals surface area contributed by atoms with E-state index in [-0.39, 0.29) is 17.2 Å². The Kier molecular flexibility index (Phi) is 5.58. The second-order valence-electron chi connectivity index (χ2n) is 5.85. The first-order valence-electron chi connectivity index (χ1n) is 7.13. The van der Waals surface area contributed by atoms with Gasteiger partial charge in [-0.05, 0) is 56.0 Å². The van der Waals surface area contributed by atoms with Crippen LogP contribution < -0.4 is 5.32 Å². The fraction of sp³-hybridized carbons (Fsp3) is 0.600. The lowest BCUT2D eigenvalue weighted by Crippen LogP contribution is -2.34. The summed E-state index contributed by atoms with van der Waals surface area (Å²) in [4.78, 5) is 0. The molecule has 0 bridgehead atoms. The predicted octanol–water partition coefficient (Wildman–Crippen LogP) is 3.86. The molecule has 0 radical (unpaired) electrons. The maximum atomic E-state index is 11.8. The third-order valence-corrected chi connectivity index (χ3v) is 6.37. The molecule has 0 heterocycles. The molecule has 21 heavy (non-hydrogen) atoms. The molecule has 1 aliphatic rings. The van der Waals surface area contributed by atoms with E-state index in [9.17, 15) is 8.42 Å². The third-order valence-electron chi connectivity index (χ3n) is 4.30. The number of halogens is 2. The Balaban J connectivity index is 2.24. The van der Waals surface area contributed by atoms with Crippen molar-refractivity contribution in [1.82, 2.24) is 5.32 Å². The van der Waals surface area contributed by atoms with E-state index in [0.717, 1.165) is 24.8 Å². The lowest BCUT2D eigenvalue weighted by atomic mass is 9.81. The van der Waals surface area contributed by atoms with E-state index in [1.54, 1.807) is 6.07 Å². The predicted molar refractivity (Wildman–Crippen MR) is 88.9 cm³/mol. The maximum absolute atomic E-state index is 11.8. The number of hydrogen-bond acceptors (Lipinski definition) is 3. The van der Waals surface area contributed by atoms with Crippen LogP contribution in [0.1, 0.15) is 37.3 Å². The Morgan fingerprint density at radius 2 is 1.81 bits per heavy atom. The molecule has 2 rings (SSSR count). The molecule has 118 valence electrons. The van der Waals surface area contributed by atoms with Crippen LogP contribution in [0.3, 0.4) is 0 Å². The van der Waals surface area contributed by atoms with Gasteiger partial charge in [0.05, 0.1) is 5.25 Å². The molecule has 0 amide bonds. The van der Waals surface area contributed by atoms with Crippen LogP contribution in [0.15, 0.2) is 18.2 Å². The minimum absolute atomic E-state index is 0.0748. The number of benzene rings is 1. The molecular weight excluding hydrogens is 329 g/mol. The van der Waals surface area contributed by atoms with Gasteiger partial charge in [0.1, 0.15) is 9.84 Å². The Labute approximate surface area is 136 Å². The second kappa shape index (κ2) is 6.86. The van der Waals surface area contributed by atoms with Gasteiger partial charge in [0.2, 0.25) is 0 Å². The Morgan fingerprint density at radius 3 is 2.33 bits per heavy atom. The smallest absolute Gasteiger partial charge is 0.150 e. The van der Waals surface area contributed by atoms with E-state index in [2.05, 4.69) is 5.32 Å². The zero-order chi connectivity index (χ0) is 15.6. The fourth-order valence-electron chi connectivity index (χ4n) is 3.30. The summed E-state index contributed by atoms with van der Waals surface area (Å²) in [6, 6.07) is 5.59. The second-order valence-corrected chi connectivity index (χ2v) is 9.05.